The number of rotatable bonds is 5. The molecule has 2 aromatic heterocycles. The number of carbonyl (C=O) groups is 1. The fraction of sp³-hybridized carbons (Fsp3) is 0.259. The number of pyridine rings is 1. The first kappa shape index (κ1) is 22.8. The molecule has 1 N–H and O–H groups in total. The summed E-state index contributed by atoms with van der Waals surface area (Å²) in [4.78, 5) is 15.7. The molecule has 0 spiro atoms. The average molecular weight is 477 g/mol. The Hall–Kier alpha value is -3.94. The van der Waals surface area contributed by atoms with Gasteiger partial charge in [0.25, 0.3) is 5.91 Å². The van der Waals surface area contributed by atoms with Crippen molar-refractivity contribution < 1.29 is 18.3 Å². The predicted octanol–water partition coefficient (Wildman–Crippen LogP) is 5.12. The Morgan fingerprint density at radius 2 is 1.86 bits per heavy atom. The first-order valence-corrected chi connectivity index (χ1v) is 11.5. The van der Waals surface area contributed by atoms with Gasteiger partial charge in [0.15, 0.2) is 0 Å². The molecule has 0 radical (unpaired) electrons. The van der Waals surface area contributed by atoms with Crippen LogP contribution in [0.15, 0.2) is 54.6 Å². The van der Waals surface area contributed by atoms with Gasteiger partial charge >= 0.3 is 0 Å². The molecular weight excluding hydrogens is 450 g/mol. The van der Waals surface area contributed by atoms with Gasteiger partial charge in [-0.25, -0.2) is 8.78 Å². The van der Waals surface area contributed by atoms with E-state index in [0.29, 0.717) is 22.7 Å². The van der Waals surface area contributed by atoms with E-state index in [-0.39, 0.29) is 24.1 Å². The third kappa shape index (κ3) is 4.20. The van der Waals surface area contributed by atoms with Crippen molar-refractivity contribution in [3.8, 4) is 5.88 Å². The number of halogens is 2. The largest absolute Gasteiger partial charge is 0.473 e. The number of hydrogen-bond acceptors (Lipinski definition) is 4. The SMILES string of the molecule is Cc1cc(OCc2c(F)cccc2F)n2nc(C)c(C(=O)NC3CCN(C)c4ccccc43)c2c1. The minimum Gasteiger partial charge on any atom is -0.473 e. The Morgan fingerprint density at radius 3 is 2.63 bits per heavy atom. The number of benzene rings is 2. The summed E-state index contributed by atoms with van der Waals surface area (Å²) in [6.45, 7) is 4.16. The fourth-order valence-corrected chi connectivity index (χ4v) is 4.67. The maximum Gasteiger partial charge on any atom is 0.255 e. The van der Waals surface area contributed by atoms with Crippen molar-refractivity contribution >= 4 is 17.1 Å². The van der Waals surface area contributed by atoms with Gasteiger partial charge in [0.05, 0.1) is 28.4 Å². The topological polar surface area (TPSA) is 58.9 Å². The van der Waals surface area contributed by atoms with Gasteiger partial charge in [0.1, 0.15) is 18.2 Å². The summed E-state index contributed by atoms with van der Waals surface area (Å²) in [7, 11) is 2.05. The van der Waals surface area contributed by atoms with Crippen LogP contribution in [0.5, 0.6) is 5.88 Å². The lowest BCUT2D eigenvalue weighted by Gasteiger charge is -2.33. The third-order valence-corrected chi connectivity index (χ3v) is 6.46. The van der Waals surface area contributed by atoms with E-state index in [1.165, 1.54) is 22.7 Å². The smallest absolute Gasteiger partial charge is 0.255 e. The molecule has 1 unspecified atom stereocenters. The number of hydrogen-bond donors (Lipinski definition) is 1. The highest BCUT2D eigenvalue weighted by molar-refractivity contribution is 6.02. The van der Waals surface area contributed by atoms with E-state index in [1.807, 2.05) is 38.2 Å². The molecule has 1 aliphatic rings. The fourth-order valence-electron chi connectivity index (χ4n) is 4.67. The van der Waals surface area contributed by atoms with Crippen LogP contribution in [0.4, 0.5) is 14.5 Å². The first-order valence-electron chi connectivity index (χ1n) is 11.5. The number of ether oxygens (including phenoxy) is 1. The summed E-state index contributed by atoms with van der Waals surface area (Å²) in [6, 6.07) is 15.2. The van der Waals surface area contributed by atoms with Crippen LogP contribution >= 0.6 is 0 Å². The summed E-state index contributed by atoms with van der Waals surface area (Å²) in [5.74, 6) is -1.28. The number of amides is 1. The molecule has 1 amide bonds. The Morgan fingerprint density at radius 1 is 1.11 bits per heavy atom. The van der Waals surface area contributed by atoms with Gasteiger partial charge in [-0.15, -0.1) is 0 Å². The van der Waals surface area contributed by atoms with E-state index >= 15 is 0 Å². The highest BCUT2D eigenvalue weighted by Gasteiger charge is 2.27. The number of aryl methyl sites for hydroxylation is 2. The summed E-state index contributed by atoms with van der Waals surface area (Å²) in [6.07, 6.45) is 0.791. The first-order chi connectivity index (χ1) is 16.8. The molecule has 0 saturated heterocycles. The zero-order chi connectivity index (χ0) is 24.7. The van der Waals surface area contributed by atoms with E-state index in [4.69, 9.17) is 4.74 Å². The number of fused-ring (bicyclic) bond motifs is 2. The molecule has 180 valence electrons. The number of anilines is 1. The quantitative estimate of drug-likeness (QED) is 0.435. The summed E-state index contributed by atoms with van der Waals surface area (Å²) < 4.78 is 35.4. The van der Waals surface area contributed by atoms with E-state index in [9.17, 15) is 13.6 Å². The molecular formula is C27H26F2N4O2. The lowest BCUT2D eigenvalue weighted by atomic mass is 9.96. The van der Waals surface area contributed by atoms with Gasteiger partial charge in [-0.05, 0) is 55.7 Å². The van der Waals surface area contributed by atoms with Crippen LogP contribution in [-0.2, 0) is 6.61 Å². The standard InChI is InChI=1S/C27H26F2N4O2/c1-16-13-24-26(27(34)30-22-11-12-32(3)23-10-5-4-7-18(22)23)17(2)31-33(24)25(14-16)35-15-19-20(28)8-6-9-21(19)29/h4-10,13-14,22H,11-12,15H2,1-3H3,(H,30,34). The molecule has 1 atom stereocenters. The molecule has 4 aromatic rings. The number of nitrogens with one attached hydrogen (secondary N) is 1. The highest BCUT2D eigenvalue weighted by atomic mass is 19.1. The molecule has 6 nitrogen and oxygen atoms in total. The van der Waals surface area contributed by atoms with Gasteiger partial charge < -0.3 is 15.0 Å². The Kier molecular flexibility index (Phi) is 5.88. The Balaban J connectivity index is 1.46. The van der Waals surface area contributed by atoms with Crippen LogP contribution in [0.25, 0.3) is 5.52 Å². The minimum absolute atomic E-state index is 0.117. The van der Waals surface area contributed by atoms with Crippen molar-refractivity contribution in [3.05, 3.63) is 94.2 Å². The number of para-hydroxylation sites is 1. The van der Waals surface area contributed by atoms with Crippen molar-refractivity contribution in [1.29, 1.82) is 0 Å². The van der Waals surface area contributed by atoms with Crippen LogP contribution in [0.2, 0.25) is 0 Å². The number of nitrogens with zero attached hydrogens (tertiary/aromatic N) is 3. The summed E-state index contributed by atoms with van der Waals surface area (Å²) >= 11 is 0. The second-order valence-electron chi connectivity index (χ2n) is 8.91. The maximum atomic E-state index is 14.1. The monoisotopic (exact) mass is 476 g/mol. The van der Waals surface area contributed by atoms with Crippen molar-refractivity contribution in [1.82, 2.24) is 14.9 Å². The number of aromatic nitrogens is 2. The second-order valence-corrected chi connectivity index (χ2v) is 8.91. The molecule has 0 bridgehead atoms. The van der Waals surface area contributed by atoms with Crippen molar-refractivity contribution in [2.75, 3.05) is 18.5 Å². The second kappa shape index (κ2) is 9.02. The van der Waals surface area contributed by atoms with Crippen LogP contribution in [0.1, 0.15) is 45.2 Å². The highest BCUT2D eigenvalue weighted by Crippen LogP contribution is 2.33. The van der Waals surface area contributed by atoms with Crippen LogP contribution in [0, 0.1) is 25.5 Å². The molecule has 3 heterocycles. The van der Waals surface area contributed by atoms with Gasteiger partial charge in [-0.1, -0.05) is 24.3 Å². The zero-order valence-electron chi connectivity index (χ0n) is 19.8. The van der Waals surface area contributed by atoms with Crippen LogP contribution in [-0.4, -0.2) is 29.1 Å². The molecule has 8 heteroatoms. The van der Waals surface area contributed by atoms with E-state index < -0.39 is 11.6 Å². The molecule has 2 aromatic carbocycles. The molecule has 0 saturated carbocycles. The summed E-state index contributed by atoms with van der Waals surface area (Å²) in [5, 5.41) is 7.70. The normalized spacial score (nSPS) is 15.2. The van der Waals surface area contributed by atoms with E-state index in [1.54, 1.807) is 13.0 Å². The molecule has 1 aliphatic heterocycles. The zero-order valence-corrected chi connectivity index (χ0v) is 19.8. The van der Waals surface area contributed by atoms with Crippen LogP contribution in [0.3, 0.4) is 0 Å². The molecule has 0 aliphatic carbocycles. The minimum atomic E-state index is -0.677. The van der Waals surface area contributed by atoms with Crippen molar-refractivity contribution in [2.45, 2.75) is 32.9 Å². The Labute approximate surface area is 202 Å². The summed E-state index contributed by atoms with van der Waals surface area (Å²) in [5.41, 5.74) is 4.42. The lowest BCUT2D eigenvalue weighted by Crippen LogP contribution is -2.36. The third-order valence-electron chi connectivity index (χ3n) is 6.46. The molecule has 5 rings (SSSR count). The van der Waals surface area contributed by atoms with Crippen molar-refractivity contribution in [2.24, 2.45) is 0 Å². The Bertz CT molecular complexity index is 1410. The van der Waals surface area contributed by atoms with Crippen molar-refractivity contribution in [3.63, 3.8) is 0 Å². The van der Waals surface area contributed by atoms with E-state index in [2.05, 4.69) is 21.4 Å². The number of carbonyl (C=O) groups excluding carboxylic acids is 1. The average Bonchev–Trinajstić information content (AvgIpc) is 3.16. The van der Waals surface area contributed by atoms with Crippen LogP contribution < -0.4 is 15.0 Å². The molecule has 35 heavy (non-hydrogen) atoms. The van der Waals surface area contributed by atoms with Gasteiger partial charge in [-0.3, -0.25) is 4.79 Å². The van der Waals surface area contributed by atoms with E-state index in [0.717, 1.165) is 29.8 Å². The van der Waals surface area contributed by atoms with Gasteiger partial charge in [0.2, 0.25) is 5.88 Å². The predicted molar refractivity (Wildman–Crippen MR) is 130 cm³/mol. The maximum absolute atomic E-state index is 14.1. The lowest BCUT2D eigenvalue weighted by molar-refractivity contribution is 0.0935. The van der Waals surface area contributed by atoms with Gasteiger partial charge in [-0.2, -0.15) is 9.61 Å². The molecule has 0 fully saturated rings. The van der Waals surface area contributed by atoms with Gasteiger partial charge in [0, 0.05) is 25.3 Å².